The van der Waals surface area contributed by atoms with Crippen LogP contribution in [0.5, 0.6) is 0 Å². The van der Waals surface area contributed by atoms with E-state index in [-0.39, 0.29) is 12.2 Å². The van der Waals surface area contributed by atoms with E-state index in [1.54, 1.807) is 0 Å². The molecule has 116 valence electrons. The lowest BCUT2D eigenvalue weighted by molar-refractivity contribution is -0.137. The van der Waals surface area contributed by atoms with Crippen LogP contribution in [0.1, 0.15) is 35.2 Å². The van der Waals surface area contributed by atoms with Gasteiger partial charge in [0.25, 0.3) is 0 Å². The monoisotopic (exact) mass is 302 g/mol. The summed E-state index contributed by atoms with van der Waals surface area (Å²) in [4.78, 5) is 11.8. The van der Waals surface area contributed by atoms with E-state index in [1.165, 1.54) is 12.1 Å². The number of carbonyl (C=O) groups is 1. The van der Waals surface area contributed by atoms with Crippen molar-refractivity contribution in [1.29, 1.82) is 0 Å². The van der Waals surface area contributed by atoms with Crippen molar-refractivity contribution in [2.45, 2.75) is 25.4 Å². The molecule has 0 bridgehead atoms. The summed E-state index contributed by atoms with van der Waals surface area (Å²) in [6.07, 6.45) is -1.88. The Morgan fingerprint density at radius 2 is 2.00 bits per heavy atom. The zero-order valence-electron chi connectivity index (χ0n) is 11.5. The van der Waals surface area contributed by atoms with Crippen LogP contribution in [0.2, 0.25) is 0 Å². The van der Waals surface area contributed by atoms with E-state index in [1.807, 2.05) is 0 Å². The third kappa shape index (κ3) is 4.74. The van der Waals surface area contributed by atoms with Crippen LogP contribution in [0.25, 0.3) is 0 Å². The second-order valence-corrected chi connectivity index (χ2v) is 5.06. The minimum absolute atomic E-state index is 0.0724. The highest BCUT2D eigenvalue weighted by Gasteiger charge is 2.31. The minimum atomic E-state index is -4.46. The normalized spacial score (nSPS) is 16.7. The van der Waals surface area contributed by atoms with Gasteiger partial charge in [0.2, 0.25) is 0 Å². The van der Waals surface area contributed by atoms with E-state index >= 15 is 0 Å². The number of halogens is 3. The summed E-state index contributed by atoms with van der Waals surface area (Å²) >= 11 is 0. The van der Waals surface area contributed by atoms with Gasteiger partial charge < -0.3 is 9.47 Å². The molecule has 2 rings (SSSR count). The van der Waals surface area contributed by atoms with E-state index in [2.05, 4.69) is 0 Å². The first-order valence-corrected chi connectivity index (χ1v) is 6.89. The zero-order chi connectivity index (χ0) is 15.3. The summed E-state index contributed by atoms with van der Waals surface area (Å²) in [6, 6.07) is 4.28. The van der Waals surface area contributed by atoms with Gasteiger partial charge in [-0.15, -0.1) is 0 Å². The quantitative estimate of drug-likeness (QED) is 0.796. The Bertz CT molecular complexity index is 479. The largest absolute Gasteiger partial charge is 0.462 e. The molecule has 0 amide bonds. The Hall–Kier alpha value is -1.56. The molecule has 0 aliphatic carbocycles. The average Bonchev–Trinajstić information content (AvgIpc) is 2.47. The first-order valence-electron chi connectivity index (χ1n) is 6.89. The predicted octanol–water partition coefficient (Wildman–Crippen LogP) is 3.68. The Kier molecular flexibility index (Phi) is 5.22. The molecule has 1 aliphatic rings. The summed E-state index contributed by atoms with van der Waals surface area (Å²) in [7, 11) is 0. The topological polar surface area (TPSA) is 35.5 Å². The van der Waals surface area contributed by atoms with Crippen LogP contribution in [-0.2, 0) is 15.7 Å². The third-order valence-corrected chi connectivity index (χ3v) is 3.53. The van der Waals surface area contributed by atoms with Crippen molar-refractivity contribution in [2.24, 2.45) is 5.92 Å². The SMILES string of the molecule is O=C(OCCC1CCOCC1)c1cccc(C(F)(F)F)c1. The van der Waals surface area contributed by atoms with Gasteiger partial charge in [-0.05, 0) is 43.4 Å². The second kappa shape index (κ2) is 6.93. The highest BCUT2D eigenvalue weighted by Crippen LogP contribution is 2.29. The van der Waals surface area contributed by atoms with Crippen LogP contribution in [0.3, 0.4) is 0 Å². The number of alkyl halides is 3. The fourth-order valence-electron chi connectivity index (χ4n) is 2.26. The first kappa shape index (κ1) is 15.8. The molecule has 1 aliphatic heterocycles. The fourth-order valence-corrected chi connectivity index (χ4v) is 2.26. The molecule has 0 unspecified atom stereocenters. The van der Waals surface area contributed by atoms with Crippen LogP contribution in [0.15, 0.2) is 24.3 Å². The van der Waals surface area contributed by atoms with Gasteiger partial charge in [0.15, 0.2) is 0 Å². The first-order chi connectivity index (χ1) is 9.97. The van der Waals surface area contributed by atoms with Gasteiger partial charge in [0.05, 0.1) is 17.7 Å². The summed E-state index contributed by atoms with van der Waals surface area (Å²) in [6.45, 7) is 1.65. The number of hydrogen-bond acceptors (Lipinski definition) is 3. The van der Waals surface area contributed by atoms with Gasteiger partial charge in [-0.3, -0.25) is 0 Å². The van der Waals surface area contributed by atoms with Gasteiger partial charge in [0, 0.05) is 13.2 Å². The lowest BCUT2D eigenvalue weighted by atomic mass is 9.97. The van der Waals surface area contributed by atoms with Crippen molar-refractivity contribution in [3.05, 3.63) is 35.4 Å². The van der Waals surface area contributed by atoms with Crippen LogP contribution in [-0.4, -0.2) is 25.8 Å². The van der Waals surface area contributed by atoms with Crippen LogP contribution in [0, 0.1) is 5.92 Å². The molecule has 21 heavy (non-hydrogen) atoms. The summed E-state index contributed by atoms with van der Waals surface area (Å²) in [5.41, 5.74) is -0.918. The maximum atomic E-state index is 12.6. The molecule has 0 atom stereocenters. The molecular formula is C15H17F3O3. The van der Waals surface area contributed by atoms with Crippen molar-refractivity contribution in [2.75, 3.05) is 19.8 Å². The van der Waals surface area contributed by atoms with Crippen LogP contribution >= 0.6 is 0 Å². The minimum Gasteiger partial charge on any atom is -0.462 e. The van der Waals surface area contributed by atoms with Gasteiger partial charge in [0.1, 0.15) is 0 Å². The van der Waals surface area contributed by atoms with Crippen LogP contribution < -0.4 is 0 Å². The Morgan fingerprint density at radius 1 is 1.29 bits per heavy atom. The molecule has 1 aromatic carbocycles. The number of carbonyl (C=O) groups excluding carboxylic acids is 1. The van der Waals surface area contributed by atoms with E-state index in [0.717, 1.165) is 25.0 Å². The molecule has 6 heteroatoms. The summed E-state index contributed by atoms with van der Waals surface area (Å²) in [5, 5.41) is 0. The molecule has 1 fully saturated rings. The Morgan fingerprint density at radius 3 is 2.67 bits per heavy atom. The molecule has 0 aromatic heterocycles. The molecule has 1 heterocycles. The highest BCUT2D eigenvalue weighted by molar-refractivity contribution is 5.89. The number of esters is 1. The predicted molar refractivity (Wildman–Crippen MR) is 69.9 cm³/mol. The van der Waals surface area contributed by atoms with Crippen molar-refractivity contribution < 1.29 is 27.4 Å². The molecule has 0 spiro atoms. The molecule has 3 nitrogen and oxygen atoms in total. The van der Waals surface area contributed by atoms with Gasteiger partial charge in [-0.1, -0.05) is 6.07 Å². The second-order valence-electron chi connectivity index (χ2n) is 5.06. The lowest BCUT2D eigenvalue weighted by Crippen LogP contribution is -2.18. The molecule has 1 aromatic rings. The summed E-state index contributed by atoms with van der Waals surface area (Å²) < 4.78 is 48.0. The Balaban J connectivity index is 1.85. The Labute approximate surface area is 121 Å². The number of rotatable bonds is 4. The van der Waals surface area contributed by atoms with E-state index in [9.17, 15) is 18.0 Å². The van der Waals surface area contributed by atoms with E-state index in [4.69, 9.17) is 9.47 Å². The van der Waals surface area contributed by atoms with E-state index in [0.29, 0.717) is 25.6 Å². The smallest absolute Gasteiger partial charge is 0.416 e. The van der Waals surface area contributed by atoms with Gasteiger partial charge in [-0.2, -0.15) is 13.2 Å². The maximum Gasteiger partial charge on any atom is 0.416 e. The average molecular weight is 302 g/mol. The van der Waals surface area contributed by atoms with Crippen molar-refractivity contribution in [1.82, 2.24) is 0 Å². The lowest BCUT2D eigenvalue weighted by Gasteiger charge is -2.21. The number of benzene rings is 1. The third-order valence-electron chi connectivity index (χ3n) is 3.53. The van der Waals surface area contributed by atoms with Crippen molar-refractivity contribution in [3.8, 4) is 0 Å². The van der Waals surface area contributed by atoms with Crippen LogP contribution in [0.4, 0.5) is 13.2 Å². The standard InChI is InChI=1S/C15H17F3O3/c16-15(17,18)13-3-1-2-12(10-13)14(19)21-9-6-11-4-7-20-8-5-11/h1-3,10-11H,4-9H2. The van der Waals surface area contributed by atoms with Gasteiger partial charge in [-0.25, -0.2) is 4.79 Å². The zero-order valence-corrected chi connectivity index (χ0v) is 11.5. The molecule has 0 saturated carbocycles. The summed E-state index contributed by atoms with van der Waals surface area (Å²) in [5.74, 6) is -0.263. The molecule has 0 radical (unpaired) electrons. The number of hydrogen-bond donors (Lipinski definition) is 0. The molecule has 0 N–H and O–H groups in total. The fraction of sp³-hybridized carbons (Fsp3) is 0.533. The van der Waals surface area contributed by atoms with Crippen molar-refractivity contribution >= 4 is 5.97 Å². The highest BCUT2D eigenvalue weighted by atomic mass is 19.4. The van der Waals surface area contributed by atoms with Gasteiger partial charge >= 0.3 is 12.1 Å². The molecular weight excluding hydrogens is 285 g/mol. The van der Waals surface area contributed by atoms with Crippen molar-refractivity contribution in [3.63, 3.8) is 0 Å². The maximum absolute atomic E-state index is 12.6. The van der Waals surface area contributed by atoms with E-state index < -0.39 is 17.7 Å². The molecule has 1 saturated heterocycles. The number of ether oxygens (including phenoxy) is 2.